The molecule has 0 saturated carbocycles. The molecule has 0 bridgehead atoms. The fourth-order valence-electron chi connectivity index (χ4n) is 1.13. The Labute approximate surface area is 96.7 Å². The molecule has 0 atom stereocenters. The van der Waals surface area contributed by atoms with Crippen molar-refractivity contribution in [3.8, 4) is 5.75 Å². The Bertz CT molecular complexity index is 429. The van der Waals surface area contributed by atoms with Crippen molar-refractivity contribution in [2.24, 2.45) is 0 Å². The van der Waals surface area contributed by atoms with Crippen molar-refractivity contribution in [1.29, 1.82) is 0 Å². The highest BCUT2D eigenvalue weighted by Crippen LogP contribution is 2.24. The molecule has 0 aliphatic carbocycles. The Kier molecular flexibility index (Phi) is 4.61. The van der Waals surface area contributed by atoms with Crippen molar-refractivity contribution in [3.63, 3.8) is 0 Å². The first kappa shape index (κ1) is 12.8. The molecule has 0 spiro atoms. The monoisotopic (exact) mass is 243 g/mol. The lowest BCUT2D eigenvalue weighted by molar-refractivity contribution is 0.319. The van der Waals surface area contributed by atoms with Gasteiger partial charge in [0.2, 0.25) is 10.0 Å². The molecule has 0 saturated heterocycles. The summed E-state index contributed by atoms with van der Waals surface area (Å²) in [5, 5.41) is 0. The third-order valence-electron chi connectivity index (χ3n) is 1.99. The number of para-hydroxylation sites is 2. The van der Waals surface area contributed by atoms with Gasteiger partial charge < -0.3 is 4.74 Å². The number of ether oxygens (including phenoxy) is 1. The summed E-state index contributed by atoms with van der Waals surface area (Å²) in [4.78, 5) is 0. The van der Waals surface area contributed by atoms with E-state index in [1.165, 1.54) is 0 Å². The minimum atomic E-state index is -3.25. The van der Waals surface area contributed by atoms with Gasteiger partial charge in [-0.25, -0.2) is 8.42 Å². The van der Waals surface area contributed by atoms with E-state index in [1.54, 1.807) is 25.1 Å². The zero-order chi connectivity index (χ0) is 12.0. The topological polar surface area (TPSA) is 55.4 Å². The van der Waals surface area contributed by atoms with Gasteiger partial charge in [0.25, 0.3) is 0 Å². The second kappa shape index (κ2) is 5.75. The fraction of sp³-hybridized carbons (Fsp3) is 0.455. The molecule has 0 aliphatic rings. The molecule has 0 radical (unpaired) electrons. The van der Waals surface area contributed by atoms with Crippen molar-refractivity contribution in [1.82, 2.24) is 0 Å². The van der Waals surface area contributed by atoms with Gasteiger partial charge in [-0.15, -0.1) is 0 Å². The Morgan fingerprint density at radius 1 is 1.25 bits per heavy atom. The number of anilines is 1. The average Bonchev–Trinajstić information content (AvgIpc) is 2.27. The Balaban J connectivity index is 2.86. The van der Waals surface area contributed by atoms with Crippen LogP contribution in [0, 0.1) is 0 Å². The van der Waals surface area contributed by atoms with Crippen LogP contribution in [-0.2, 0) is 10.0 Å². The van der Waals surface area contributed by atoms with Crippen LogP contribution in [0.4, 0.5) is 5.69 Å². The molecule has 16 heavy (non-hydrogen) atoms. The molecule has 4 nitrogen and oxygen atoms in total. The summed E-state index contributed by atoms with van der Waals surface area (Å²) in [5.41, 5.74) is 0.498. The molecule has 5 heteroatoms. The first-order valence-electron chi connectivity index (χ1n) is 5.31. The number of benzene rings is 1. The largest absolute Gasteiger partial charge is 0.491 e. The van der Waals surface area contributed by atoms with E-state index in [1.807, 2.05) is 13.0 Å². The van der Waals surface area contributed by atoms with Crippen molar-refractivity contribution >= 4 is 15.7 Å². The quantitative estimate of drug-likeness (QED) is 0.833. The van der Waals surface area contributed by atoms with Gasteiger partial charge in [0, 0.05) is 0 Å². The third-order valence-corrected chi connectivity index (χ3v) is 3.29. The first-order valence-corrected chi connectivity index (χ1v) is 6.96. The summed E-state index contributed by atoms with van der Waals surface area (Å²) in [7, 11) is -3.25. The minimum absolute atomic E-state index is 0.0507. The maximum absolute atomic E-state index is 11.4. The van der Waals surface area contributed by atoms with E-state index in [9.17, 15) is 8.42 Å². The number of hydrogen-bond donors (Lipinski definition) is 1. The maximum Gasteiger partial charge on any atom is 0.232 e. The van der Waals surface area contributed by atoms with Crippen LogP contribution >= 0.6 is 0 Å². The number of sulfonamides is 1. The molecule has 0 fully saturated rings. The van der Waals surface area contributed by atoms with Crippen molar-refractivity contribution in [3.05, 3.63) is 24.3 Å². The molecule has 0 amide bonds. The van der Waals surface area contributed by atoms with Gasteiger partial charge in [-0.3, -0.25) is 4.72 Å². The van der Waals surface area contributed by atoms with Gasteiger partial charge >= 0.3 is 0 Å². The molecule has 0 heterocycles. The van der Waals surface area contributed by atoms with Crippen LogP contribution in [0.1, 0.15) is 20.3 Å². The summed E-state index contributed by atoms with van der Waals surface area (Å²) in [6.45, 7) is 4.17. The number of hydrogen-bond acceptors (Lipinski definition) is 3. The Morgan fingerprint density at radius 3 is 2.56 bits per heavy atom. The van der Waals surface area contributed by atoms with Crippen LogP contribution < -0.4 is 9.46 Å². The van der Waals surface area contributed by atoms with Crippen LogP contribution in [0.15, 0.2) is 24.3 Å². The SMILES string of the molecule is CCCOc1ccccc1NS(=O)(=O)CC. The first-order chi connectivity index (χ1) is 7.59. The van der Waals surface area contributed by atoms with Crippen LogP contribution in [0.25, 0.3) is 0 Å². The van der Waals surface area contributed by atoms with Crippen LogP contribution in [0.5, 0.6) is 5.75 Å². The third kappa shape index (κ3) is 3.73. The highest BCUT2D eigenvalue weighted by atomic mass is 32.2. The lowest BCUT2D eigenvalue weighted by Gasteiger charge is -2.12. The maximum atomic E-state index is 11.4. The van der Waals surface area contributed by atoms with Crippen molar-refractivity contribution in [2.75, 3.05) is 17.1 Å². The van der Waals surface area contributed by atoms with E-state index in [0.717, 1.165) is 6.42 Å². The van der Waals surface area contributed by atoms with E-state index in [0.29, 0.717) is 18.0 Å². The smallest absolute Gasteiger partial charge is 0.232 e. The molecular weight excluding hydrogens is 226 g/mol. The summed E-state index contributed by atoms with van der Waals surface area (Å²) in [5.74, 6) is 0.621. The second-order valence-corrected chi connectivity index (χ2v) is 5.36. The predicted molar refractivity (Wildman–Crippen MR) is 65.3 cm³/mol. The van der Waals surface area contributed by atoms with E-state index in [2.05, 4.69) is 4.72 Å². The Morgan fingerprint density at radius 2 is 1.94 bits per heavy atom. The van der Waals surface area contributed by atoms with Gasteiger partial charge in [-0.05, 0) is 25.5 Å². The molecule has 1 rings (SSSR count). The molecule has 0 unspecified atom stereocenters. The van der Waals surface area contributed by atoms with Gasteiger partial charge in [0.15, 0.2) is 0 Å². The average molecular weight is 243 g/mol. The van der Waals surface area contributed by atoms with Crippen LogP contribution in [0.3, 0.4) is 0 Å². The fourth-order valence-corrected chi connectivity index (χ4v) is 1.78. The summed E-state index contributed by atoms with van der Waals surface area (Å²) in [6.07, 6.45) is 0.884. The predicted octanol–water partition coefficient (Wildman–Crippen LogP) is 2.24. The molecule has 1 aromatic carbocycles. The lowest BCUT2D eigenvalue weighted by atomic mass is 10.3. The van der Waals surface area contributed by atoms with Crippen LogP contribution in [0.2, 0.25) is 0 Å². The van der Waals surface area contributed by atoms with E-state index >= 15 is 0 Å². The highest BCUT2D eigenvalue weighted by molar-refractivity contribution is 7.92. The standard InChI is InChI=1S/C11H17NO3S/c1-3-9-15-11-8-6-5-7-10(11)12-16(13,14)4-2/h5-8,12H,3-4,9H2,1-2H3. The summed E-state index contributed by atoms with van der Waals surface area (Å²) >= 11 is 0. The summed E-state index contributed by atoms with van der Waals surface area (Å²) < 4.78 is 30.8. The van der Waals surface area contributed by atoms with Crippen LogP contribution in [-0.4, -0.2) is 20.8 Å². The normalized spacial score (nSPS) is 11.1. The van der Waals surface area contributed by atoms with Crippen molar-refractivity contribution in [2.45, 2.75) is 20.3 Å². The molecule has 90 valence electrons. The van der Waals surface area contributed by atoms with Crippen molar-refractivity contribution < 1.29 is 13.2 Å². The van der Waals surface area contributed by atoms with E-state index in [4.69, 9.17) is 4.74 Å². The van der Waals surface area contributed by atoms with E-state index < -0.39 is 10.0 Å². The molecular formula is C11H17NO3S. The lowest BCUT2D eigenvalue weighted by Crippen LogP contribution is -2.15. The van der Waals surface area contributed by atoms with Gasteiger partial charge in [-0.2, -0.15) is 0 Å². The van der Waals surface area contributed by atoms with Gasteiger partial charge in [-0.1, -0.05) is 19.1 Å². The van der Waals surface area contributed by atoms with E-state index in [-0.39, 0.29) is 5.75 Å². The number of rotatable bonds is 6. The molecule has 0 aliphatic heterocycles. The summed E-state index contributed by atoms with van der Waals surface area (Å²) in [6, 6.07) is 7.03. The zero-order valence-electron chi connectivity index (χ0n) is 9.56. The minimum Gasteiger partial charge on any atom is -0.491 e. The molecule has 1 aromatic rings. The molecule has 1 N–H and O–H groups in total. The van der Waals surface area contributed by atoms with Gasteiger partial charge in [0.05, 0.1) is 18.0 Å². The second-order valence-electron chi connectivity index (χ2n) is 3.35. The van der Waals surface area contributed by atoms with Gasteiger partial charge in [0.1, 0.15) is 5.75 Å². The number of nitrogens with one attached hydrogen (secondary N) is 1. The molecule has 0 aromatic heterocycles. The highest BCUT2D eigenvalue weighted by Gasteiger charge is 2.10. The zero-order valence-corrected chi connectivity index (χ0v) is 10.4. The Hall–Kier alpha value is -1.23.